The normalized spacial score (nSPS) is 51.6. The molecule has 2 fully saturated rings. The molecule has 0 amide bonds. The van der Waals surface area contributed by atoms with E-state index < -0.39 is 5.60 Å². The van der Waals surface area contributed by atoms with Crippen LogP contribution in [0.15, 0.2) is 0 Å². The van der Waals surface area contributed by atoms with Crippen LogP contribution in [0.2, 0.25) is 0 Å². The molecule has 0 bridgehead atoms. The third-order valence-corrected chi connectivity index (χ3v) is 5.45. The fraction of sp³-hybridized carbons (Fsp3) is 1.00. The number of hydrogen-bond donors (Lipinski definition) is 1. The lowest BCUT2D eigenvalue weighted by molar-refractivity contribution is -0.237. The van der Waals surface area contributed by atoms with Crippen LogP contribution in [0.3, 0.4) is 0 Å². The summed E-state index contributed by atoms with van der Waals surface area (Å²) < 4.78 is 0. The van der Waals surface area contributed by atoms with Gasteiger partial charge in [-0.05, 0) is 43.9 Å². The summed E-state index contributed by atoms with van der Waals surface area (Å²) in [4.78, 5) is 0. The van der Waals surface area contributed by atoms with E-state index in [1.807, 2.05) is 0 Å². The molecule has 0 saturated heterocycles. The molecule has 1 spiro atoms. The van der Waals surface area contributed by atoms with Gasteiger partial charge in [-0.1, -0.05) is 27.2 Å². The molecule has 2 rings (SSSR count). The molecule has 82 valence electrons. The van der Waals surface area contributed by atoms with Crippen LogP contribution in [0, 0.1) is 16.7 Å². The standard InChI is InChI=1S/C13H24O/c1-10-6-9-13(10)11(2,3)7-5-8-12(13,4)14/h10,14H,5-9H2,1-4H3. The minimum atomic E-state index is -0.424. The Morgan fingerprint density at radius 3 is 2.00 bits per heavy atom. The minimum Gasteiger partial charge on any atom is -0.390 e. The van der Waals surface area contributed by atoms with Crippen LogP contribution in [-0.2, 0) is 0 Å². The molecule has 0 radical (unpaired) electrons. The molecule has 0 aromatic heterocycles. The highest BCUT2D eigenvalue weighted by Gasteiger charge is 2.64. The van der Waals surface area contributed by atoms with Gasteiger partial charge in [0, 0.05) is 5.41 Å². The summed E-state index contributed by atoms with van der Waals surface area (Å²) >= 11 is 0. The molecule has 14 heavy (non-hydrogen) atoms. The fourth-order valence-corrected chi connectivity index (χ4v) is 4.58. The van der Waals surface area contributed by atoms with Crippen molar-refractivity contribution in [2.45, 2.75) is 65.4 Å². The number of hydrogen-bond acceptors (Lipinski definition) is 1. The first kappa shape index (κ1) is 10.5. The Kier molecular flexibility index (Phi) is 2.06. The van der Waals surface area contributed by atoms with Crippen LogP contribution in [-0.4, -0.2) is 10.7 Å². The third kappa shape index (κ3) is 0.997. The van der Waals surface area contributed by atoms with E-state index in [4.69, 9.17) is 0 Å². The molecule has 3 atom stereocenters. The van der Waals surface area contributed by atoms with E-state index in [9.17, 15) is 5.11 Å². The zero-order valence-corrected chi connectivity index (χ0v) is 10.1. The second-order valence-electron chi connectivity index (χ2n) is 6.42. The van der Waals surface area contributed by atoms with E-state index >= 15 is 0 Å². The Morgan fingerprint density at radius 1 is 1.07 bits per heavy atom. The van der Waals surface area contributed by atoms with Gasteiger partial charge < -0.3 is 5.11 Å². The predicted molar refractivity (Wildman–Crippen MR) is 59.1 cm³/mol. The average Bonchev–Trinajstić information content (AvgIpc) is 1.98. The Morgan fingerprint density at radius 2 is 1.71 bits per heavy atom. The predicted octanol–water partition coefficient (Wildman–Crippen LogP) is 3.36. The van der Waals surface area contributed by atoms with Gasteiger partial charge in [0.15, 0.2) is 0 Å². The SMILES string of the molecule is CC1CCC12C(C)(C)CCCC2(C)O. The first-order chi connectivity index (χ1) is 6.33. The van der Waals surface area contributed by atoms with Gasteiger partial charge in [-0.2, -0.15) is 0 Å². The van der Waals surface area contributed by atoms with Crippen molar-refractivity contribution < 1.29 is 5.11 Å². The van der Waals surface area contributed by atoms with Crippen molar-refractivity contribution in [3.63, 3.8) is 0 Å². The van der Waals surface area contributed by atoms with Gasteiger partial charge in [-0.25, -0.2) is 0 Å². The molecule has 0 aromatic rings. The molecule has 0 heterocycles. The highest BCUT2D eigenvalue weighted by atomic mass is 16.3. The van der Waals surface area contributed by atoms with E-state index in [1.165, 1.54) is 25.7 Å². The molecule has 1 N–H and O–H groups in total. The summed E-state index contributed by atoms with van der Waals surface area (Å²) in [7, 11) is 0. The van der Waals surface area contributed by atoms with Crippen molar-refractivity contribution in [3.8, 4) is 0 Å². The highest BCUT2D eigenvalue weighted by Crippen LogP contribution is 2.67. The molecule has 3 unspecified atom stereocenters. The first-order valence-corrected chi connectivity index (χ1v) is 6.06. The largest absolute Gasteiger partial charge is 0.390 e. The molecule has 0 aliphatic heterocycles. The zero-order chi connectivity index (χ0) is 10.6. The van der Waals surface area contributed by atoms with Crippen LogP contribution >= 0.6 is 0 Å². The van der Waals surface area contributed by atoms with Crippen molar-refractivity contribution in [1.82, 2.24) is 0 Å². The second kappa shape index (κ2) is 2.75. The van der Waals surface area contributed by atoms with Gasteiger partial charge in [-0.3, -0.25) is 0 Å². The maximum absolute atomic E-state index is 10.7. The fourth-order valence-electron chi connectivity index (χ4n) is 4.58. The van der Waals surface area contributed by atoms with E-state index in [1.54, 1.807) is 0 Å². The van der Waals surface area contributed by atoms with Crippen LogP contribution in [0.4, 0.5) is 0 Å². The molecule has 1 nitrogen and oxygen atoms in total. The average molecular weight is 196 g/mol. The first-order valence-electron chi connectivity index (χ1n) is 6.06. The molecule has 2 aliphatic rings. The number of aliphatic hydroxyl groups is 1. The minimum absolute atomic E-state index is 0.207. The van der Waals surface area contributed by atoms with Crippen molar-refractivity contribution in [3.05, 3.63) is 0 Å². The van der Waals surface area contributed by atoms with Crippen LogP contribution in [0.5, 0.6) is 0 Å². The quantitative estimate of drug-likeness (QED) is 0.630. The number of rotatable bonds is 0. The topological polar surface area (TPSA) is 20.2 Å². The zero-order valence-electron chi connectivity index (χ0n) is 10.1. The molecule has 2 saturated carbocycles. The summed E-state index contributed by atoms with van der Waals surface area (Å²) in [6, 6.07) is 0. The maximum Gasteiger partial charge on any atom is 0.0683 e. The van der Waals surface area contributed by atoms with E-state index in [0.29, 0.717) is 11.3 Å². The van der Waals surface area contributed by atoms with E-state index in [-0.39, 0.29) is 5.41 Å². The van der Waals surface area contributed by atoms with Gasteiger partial charge in [0.1, 0.15) is 0 Å². The van der Waals surface area contributed by atoms with Crippen LogP contribution in [0.1, 0.15) is 59.8 Å². The van der Waals surface area contributed by atoms with Crippen molar-refractivity contribution in [2.75, 3.05) is 0 Å². The van der Waals surface area contributed by atoms with Crippen molar-refractivity contribution >= 4 is 0 Å². The highest BCUT2D eigenvalue weighted by molar-refractivity contribution is 5.14. The Labute approximate surface area is 87.9 Å². The van der Waals surface area contributed by atoms with Crippen LogP contribution in [0.25, 0.3) is 0 Å². The Hall–Kier alpha value is -0.0400. The summed E-state index contributed by atoms with van der Waals surface area (Å²) in [5.41, 5.74) is 0.108. The van der Waals surface area contributed by atoms with Gasteiger partial charge >= 0.3 is 0 Å². The summed E-state index contributed by atoms with van der Waals surface area (Å²) in [5, 5.41) is 10.7. The molecular formula is C13H24O. The van der Waals surface area contributed by atoms with Crippen LogP contribution < -0.4 is 0 Å². The summed E-state index contributed by atoms with van der Waals surface area (Å²) in [6.45, 7) is 9.11. The molecular weight excluding hydrogens is 172 g/mol. The smallest absolute Gasteiger partial charge is 0.0683 e. The van der Waals surface area contributed by atoms with Crippen molar-refractivity contribution in [2.24, 2.45) is 16.7 Å². The lowest BCUT2D eigenvalue weighted by Crippen LogP contribution is -2.65. The molecule has 1 heteroatoms. The van der Waals surface area contributed by atoms with E-state index in [2.05, 4.69) is 27.7 Å². The lowest BCUT2D eigenvalue weighted by atomic mass is 9.39. The summed E-state index contributed by atoms with van der Waals surface area (Å²) in [6.07, 6.45) is 6.01. The monoisotopic (exact) mass is 196 g/mol. The molecule has 2 aliphatic carbocycles. The van der Waals surface area contributed by atoms with Crippen molar-refractivity contribution in [1.29, 1.82) is 0 Å². The molecule has 0 aromatic carbocycles. The Bertz CT molecular complexity index is 224. The third-order valence-electron chi connectivity index (χ3n) is 5.45. The summed E-state index contributed by atoms with van der Waals surface area (Å²) in [5.74, 6) is 0.702. The Balaban J connectivity index is 2.40. The van der Waals surface area contributed by atoms with Gasteiger partial charge in [0.05, 0.1) is 5.60 Å². The van der Waals surface area contributed by atoms with Gasteiger partial charge in [0.2, 0.25) is 0 Å². The van der Waals surface area contributed by atoms with Gasteiger partial charge in [0.25, 0.3) is 0 Å². The lowest BCUT2D eigenvalue weighted by Gasteiger charge is -2.67. The second-order valence-corrected chi connectivity index (χ2v) is 6.42. The van der Waals surface area contributed by atoms with Gasteiger partial charge in [-0.15, -0.1) is 0 Å². The van der Waals surface area contributed by atoms with E-state index in [0.717, 1.165) is 6.42 Å². The maximum atomic E-state index is 10.7.